The minimum absolute atomic E-state index is 0.0440. The summed E-state index contributed by atoms with van der Waals surface area (Å²) in [5.74, 6) is -1.48. The Morgan fingerprint density at radius 1 is 1.27 bits per heavy atom. The van der Waals surface area contributed by atoms with Crippen LogP contribution in [-0.4, -0.2) is 24.2 Å². The van der Waals surface area contributed by atoms with E-state index in [1.54, 1.807) is 0 Å². The Morgan fingerprint density at radius 3 is 2.53 bits per heavy atom. The smallest absolute Gasteiger partial charge is 0.306 e. The first kappa shape index (κ1) is 12.0. The van der Waals surface area contributed by atoms with E-state index >= 15 is 0 Å². The van der Waals surface area contributed by atoms with Gasteiger partial charge >= 0.3 is 11.9 Å². The molecule has 0 aromatic heterocycles. The topological polar surface area (TPSA) is 63.6 Å². The first-order valence-corrected chi connectivity index (χ1v) is 5.44. The predicted molar refractivity (Wildman–Crippen MR) is 54.3 cm³/mol. The summed E-state index contributed by atoms with van der Waals surface area (Å²) in [4.78, 5) is 22.2. The third-order valence-corrected chi connectivity index (χ3v) is 3.13. The number of carboxylic acid groups (broad SMARTS) is 1. The molecule has 15 heavy (non-hydrogen) atoms. The van der Waals surface area contributed by atoms with Crippen LogP contribution in [0.15, 0.2) is 0 Å². The second-order valence-corrected chi connectivity index (χ2v) is 4.12. The van der Waals surface area contributed by atoms with Crippen molar-refractivity contribution in [3.05, 3.63) is 0 Å². The Hall–Kier alpha value is -1.06. The Morgan fingerprint density at radius 2 is 1.93 bits per heavy atom. The van der Waals surface area contributed by atoms with E-state index in [2.05, 4.69) is 4.74 Å². The Balaban J connectivity index is 2.61. The lowest BCUT2D eigenvalue weighted by atomic mass is 9.85. The van der Waals surface area contributed by atoms with Gasteiger partial charge in [0.1, 0.15) is 0 Å². The molecule has 1 N–H and O–H groups in total. The van der Waals surface area contributed by atoms with Gasteiger partial charge in [-0.1, -0.05) is 19.3 Å². The average Bonchev–Trinajstić information content (AvgIpc) is 2.43. The maximum Gasteiger partial charge on any atom is 0.306 e. The molecule has 0 aromatic rings. The lowest BCUT2D eigenvalue weighted by Crippen LogP contribution is -2.25. The standard InChI is InChI=1S/C11H18O4/c1-15-10(12)7-8-5-3-2-4-6-9(8)11(13)14/h8-9H,2-7H2,1H3,(H,13,14). The van der Waals surface area contributed by atoms with Gasteiger partial charge in [-0.3, -0.25) is 9.59 Å². The molecule has 0 spiro atoms. The molecule has 0 radical (unpaired) electrons. The number of hydrogen-bond donors (Lipinski definition) is 1. The lowest BCUT2D eigenvalue weighted by Gasteiger charge is -2.19. The van der Waals surface area contributed by atoms with Gasteiger partial charge in [0.15, 0.2) is 0 Å². The molecule has 0 heterocycles. The van der Waals surface area contributed by atoms with E-state index in [0.29, 0.717) is 6.42 Å². The van der Waals surface area contributed by atoms with Gasteiger partial charge in [-0.05, 0) is 18.8 Å². The molecule has 2 atom stereocenters. The highest BCUT2D eigenvalue weighted by Gasteiger charge is 2.31. The molecule has 0 amide bonds. The molecular weight excluding hydrogens is 196 g/mol. The van der Waals surface area contributed by atoms with Crippen molar-refractivity contribution in [2.45, 2.75) is 38.5 Å². The molecule has 2 unspecified atom stereocenters. The van der Waals surface area contributed by atoms with E-state index in [1.807, 2.05) is 0 Å². The van der Waals surface area contributed by atoms with Gasteiger partial charge < -0.3 is 9.84 Å². The van der Waals surface area contributed by atoms with Gasteiger partial charge in [-0.25, -0.2) is 0 Å². The normalized spacial score (nSPS) is 26.7. The summed E-state index contributed by atoms with van der Waals surface area (Å²) in [6.45, 7) is 0. The van der Waals surface area contributed by atoms with Crippen molar-refractivity contribution in [1.82, 2.24) is 0 Å². The summed E-state index contributed by atoms with van der Waals surface area (Å²) in [5.41, 5.74) is 0. The van der Waals surface area contributed by atoms with Crippen LogP contribution in [0.4, 0.5) is 0 Å². The van der Waals surface area contributed by atoms with Crippen molar-refractivity contribution in [2.24, 2.45) is 11.8 Å². The number of carbonyl (C=O) groups excluding carboxylic acids is 1. The van der Waals surface area contributed by atoms with E-state index < -0.39 is 5.97 Å². The molecule has 0 bridgehead atoms. The van der Waals surface area contributed by atoms with Gasteiger partial charge in [0, 0.05) is 6.42 Å². The molecule has 0 saturated heterocycles. The van der Waals surface area contributed by atoms with Gasteiger partial charge in [0.2, 0.25) is 0 Å². The third-order valence-electron chi connectivity index (χ3n) is 3.13. The molecule has 4 nitrogen and oxygen atoms in total. The number of rotatable bonds is 3. The predicted octanol–water partition coefficient (Wildman–Crippen LogP) is 1.83. The van der Waals surface area contributed by atoms with E-state index in [9.17, 15) is 9.59 Å². The number of esters is 1. The van der Waals surface area contributed by atoms with Crippen LogP contribution in [0.5, 0.6) is 0 Å². The molecule has 0 aromatic carbocycles. The van der Waals surface area contributed by atoms with Crippen LogP contribution in [0.25, 0.3) is 0 Å². The number of carbonyl (C=O) groups is 2. The number of ether oxygens (including phenoxy) is 1. The van der Waals surface area contributed by atoms with Crippen LogP contribution in [0.3, 0.4) is 0 Å². The number of hydrogen-bond acceptors (Lipinski definition) is 3. The maximum absolute atomic E-state index is 11.1. The van der Waals surface area contributed by atoms with Gasteiger partial charge in [-0.2, -0.15) is 0 Å². The molecule has 1 aliphatic carbocycles. The minimum atomic E-state index is -0.772. The van der Waals surface area contributed by atoms with E-state index in [0.717, 1.165) is 25.7 Å². The molecular formula is C11H18O4. The summed E-state index contributed by atoms with van der Waals surface area (Å²) < 4.78 is 4.59. The summed E-state index contributed by atoms with van der Waals surface area (Å²) in [6.07, 6.45) is 4.80. The van der Waals surface area contributed by atoms with Crippen LogP contribution >= 0.6 is 0 Å². The summed E-state index contributed by atoms with van der Waals surface area (Å²) in [5, 5.41) is 9.07. The summed E-state index contributed by atoms with van der Waals surface area (Å²) in [7, 11) is 1.34. The molecule has 0 aliphatic heterocycles. The zero-order valence-corrected chi connectivity index (χ0v) is 9.07. The first-order chi connectivity index (χ1) is 7.15. The zero-order chi connectivity index (χ0) is 11.3. The summed E-state index contributed by atoms with van der Waals surface area (Å²) >= 11 is 0. The number of methoxy groups -OCH3 is 1. The number of carboxylic acids is 1. The van der Waals surface area contributed by atoms with Crippen molar-refractivity contribution in [3.8, 4) is 0 Å². The maximum atomic E-state index is 11.1. The highest BCUT2D eigenvalue weighted by Crippen LogP contribution is 2.31. The fourth-order valence-electron chi connectivity index (χ4n) is 2.25. The highest BCUT2D eigenvalue weighted by atomic mass is 16.5. The average molecular weight is 214 g/mol. The highest BCUT2D eigenvalue weighted by molar-refractivity contribution is 5.73. The van der Waals surface area contributed by atoms with Crippen molar-refractivity contribution in [3.63, 3.8) is 0 Å². The second-order valence-electron chi connectivity index (χ2n) is 4.12. The van der Waals surface area contributed by atoms with Crippen LogP contribution in [0.1, 0.15) is 38.5 Å². The Kier molecular flexibility index (Phi) is 4.59. The van der Waals surface area contributed by atoms with Crippen LogP contribution in [0, 0.1) is 11.8 Å². The molecule has 1 rings (SSSR count). The summed E-state index contributed by atoms with van der Waals surface area (Å²) in [6, 6.07) is 0. The molecule has 4 heteroatoms. The molecule has 1 saturated carbocycles. The van der Waals surface area contributed by atoms with Crippen molar-refractivity contribution in [1.29, 1.82) is 0 Å². The lowest BCUT2D eigenvalue weighted by molar-refractivity contribution is -0.147. The fraction of sp³-hybridized carbons (Fsp3) is 0.818. The van der Waals surface area contributed by atoms with Crippen molar-refractivity contribution in [2.75, 3.05) is 7.11 Å². The van der Waals surface area contributed by atoms with E-state index in [4.69, 9.17) is 5.11 Å². The fourth-order valence-corrected chi connectivity index (χ4v) is 2.25. The Bertz CT molecular complexity index is 237. The van der Waals surface area contributed by atoms with Crippen molar-refractivity contribution < 1.29 is 19.4 Å². The SMILES string of the molecule is COC(=O)CC1CCCCCC1C(=O)O. The van der Waals surface area contributed by atoms with E-state index in [1.165, 1.54) is 7.11 Å². The molecule has 86 valence electrons. The monoisotopic (exact) mass is 214 g/mol. The zero-order valence-electron chi connectivity index (χ0n) is 9.07. The largest absolute Gasteiger partial charge is 0.481 e. The molecule has 1 fully saturated rings. The van der Waals surface area contributed by atoms with Gasteiger partial charge in [0.25, 0.3) is 0 Å². The number of aliphatic carboxylic acids is 1. The van der Waals surface area contributed by atoms with Crippen LogP contribution < -0.4 is 0 Å². The van der Waals surface area contributed by atoms with Gasteiger partial charge in [-0.15, -0.1) is 0 Å². The third kappa shape index (κ3) is 3.53. The van der Waals surface area contributed by atoms with Crippen LogP contribution in [0.2, 0.25) is 0 Å². The second kappa shape index (κ2) is 5.73. The Labute approximate surface area is 89.6 Å². The quantitative estimate of drug-likeness (QED) is 0.575. The van der Waals surface area contributed by atoms with Gasteiger partial charge in [0.05, 0.1) is 13.0 Å². The van der Waals surface area contributed by atoms with E-state index in [-0.39, 0.29) is 24.2 Å². The van der Waals surface area contributed by atoms with Crippen molar-refractivity contribution >= 4 is 11.9 Å². The minimum Gasteiger partial charge on any atom is -0.481 e. The first-order valence-electron chi connectivity index (χ1n) is 5.44. The van der Waals surface area contributed by atoms with Crippen LogP contribution in [-0.2, 0) is 14.3 Å². The molecule has 1 aliphatic rings.